The summed E-state index contributed by atoms with van der Waals surface area (Å²) >= 11 is 0. The lowest BCUT2D eigenvalue weighted by Gasteiger charge is -2.05. The molecule has 0 unspecified atom stereocenters. The molecule has 2 aromatic carbocycles. The van der Waals surface area contributed by atoms with E-state index in [0.29, 0.717) is 5.82 Å². The average molecular weight is 306 g/mol. The largest absolute Gasteiger partial charge is 0.347 e. The van der Waals surface area contributed by atoms with E-state index in [-0.39, 0.29) is 17.8 Å². The second kappa shape index (κ2) is 6.44. The summed E-state index contributed by atoms with van der Waals surface area (Å²) < 4.78 is 1.70. The van der Waals surface area contributed by atoms with Gasteiger partial charge in [0.05, 0.1) is 5.69 Å². The zero-order valence-electron chi connectivity index (χ0n) is 13.1. The van der Waals surface area contributed by atoms with Gasteiger partial charge in [-0.05, 0) is 26.0 Å². The number of nitrogens with zero attached hydrogens (tertiary/aromatic N) is 3. The first-order valence-electron chi connectivity index (χ1n) is 7.54. The molecule has 1 aromatic heterocycles. The smallest absolute Gasteiger partial charge is 0.291 e. The van der Waals surface area contributed by atoms with Crippen LogP contribution in [-0.2, 0) is 0 Å². The van der Waals surface area contributed by atoms with Crippen LogP contribution in [0, 0.1) is 0 Å². The first-order chi connectivity index (χ1) is 11.1. The number of benzene rings is 2. The summed E-state index contributed by atoms with van der Waals surface area (Å²) in [5, 5.41) is 7.23. The summed E-state index contributed by atoms with van der Waals surface area (Å²) in [6.45, 7) is 3.81. The van der Waals surface area contributed by atoms with E-state index in [1.165, 1.54) is 0 Å². The Morgan fingerprint density at radius 3 is 2.22 bits per heavy atom. The van der Waals surface area contributed by atoms with Crippen LogP contribution in [0.2, 0.25) is 0 Å². The Morgan fingerprint density at radius 1 is 1.00 bits per heavy atom. The molecule has 0 aliphatic heterocycles. The molecule has 0 aliphatic carbocycles. The summed E-state index contributed by atoms with van der Waals surface area (Å²) in [5.41, 5.74) is 1.77. The molecular weight excluding hydrogens is 288 g/mol. The van der Waals surface area contributed by atoms with Gasteiger partial charge in [-0.3, -0.25) is 4.79 Å². The summed E-state index contributed by atoms with van der Waals surface area (Å²) in [6.07, 6.45) is 0. The highest BCUT2D eigenvalue weighted by atomic mass is 16.2. The minimum atomic E-state index is -0.271. The summed E-state index contributed by atoms with van der Waals surface area (Å²) in [7, 11) is 0. The number of carbonyl (C=O) groups excluding carboxylic acids is 1. The molecule has 0 saturated carbocycles. The van der Waals surface area contributed by atoms with Crippen LogP contribution < -0.4 is 5.32 Å². The Morgan fingerprint density at radius 2 is 1.61 bits per heavy atom. The minimum Gasteiger partial charge on any atom is -0.347 e. The van der Waals surface area contributed by atoms with Gasteiger partial charge in [0.1, 0.15) is 0 Å². The van der Waals surface area contributed by atoms with Crippen LogP contribution in [0.25, 0.3) is 17.1 Å². The van der Waals surface area contributed by atoms with Gasteiger partial charge < -0.3 is 5.32 Å². The van der Waals surface area contributed by atoms with Crippen molar-refractivity contribution in [2.24, 2.45) is 0 Å². The lowest BCUT2D eigenvalue weighted by molar-refractivity contribution is 0.0932. The first-order valence-corrected chi connectivity index (χ1v) is 7.54. The number of rotatable bonds is 4. The van der Waals surface area contributed by atoms with Crippen molar-refractivity contribution in [2.45, 2.75) is 19.9 Å². The second-order valence-corrected chi connectivity index (χ2v) is 5.50. The number of aromatic nitrogens is 3. The van der Waals surface area contributed by atoms with E-state index < -0.39 is 0 Å². The van der Waals surface area contributed by atoms with Crippen LogP contribution in [0.3, 0.4) is 0 Å². The molecule has 0 spiro atoms. The maximum atomic E-state index is 12.2. The van der Waals surface area contributed by atoms with Gasteiger partial charge >= 0.3 is 0 Å². The molecule has 1 amide bonds. The van der Waals surface area contributed by atoms with Gasteiger partial charge in [-0.2, -0.15) is 0 Å². The molecule has 1 N–H and O–H groups in total. The van der Waals surface area contributed by atoms with Gasteiger partial charge in [0, 0.05) is 11.6 Å². The molecule has 23 heavy (non-hydrogen) atoms. The lowest BCUT2D eigenvalue weighted by atomic mass is 10.2. The molecule has 5 nitrogen and oxygen atoms in total. The fourth-order valence-corrected chi connectivity index (χ4v) is 2.26. The Hall–Kier alpha value is -2.95. The first kappa shape index (κ1) is 15.0. The van der Waals surface area contributed by atoms with Crippen LogP contribution in [0.15, 0.2) is 60.7 Å². The quantitative estimate of drug-likeness (QED) is 0.806. The van der Waals surface area contributed by atoms with Gasteiger partial charge in [0.15, 0.2) is 5.82 Å². The topological polar surface area (TPSA) is 59.8 Å². The van der Waals surface area contributed by atoms with Crippen molar-refractivity contribution >= 4 is 5.91 Å². The fourth-order valence-electron chi connectivity index (χ4n) is 2.26. The third-order valence-corrected chi connectivity index (χ3v) is 3.26. The second-order valence-electron chi connectivity index (χ2n) is 5.50. The van der Waals surface area contributed by atoms with Crippen molar-refractivity contribution in [1.82, 2.24) is 20.1 Å². The number of para-hydroxylation sites is 1. The highest BCUT2D eigenvalue weighted by molar-refractivity contribution is 5.91. The molecule has 0 saturated heterocycles. The minimum absolute atomic E-state index is 0.0337. The standard InChI is InChI=1S/C18H18N4O/c1-13(2)19-18(23)16-20-17(14-9-5-3-6-10-14)22(21-16)15-11-7-4-8-12-15/h3-13H,1-2H3,(H,19,23). The number of carbonyl (C=O) groups is 1. The van der Waals surface area contributed by atoms with E-state index in [9.17, 15) is 4.79 Å². The van der Waals surface area contributed by atoms with Gasteiger partial charge in [-0.25, -0.2) is 9.67 Å². The molecule has 0 bridgehead atoms. The predicted molar refractivity (Wildman–Crippen MR) is 89.4 cm³/mol. The molecule has 116 valence electrons. The van der Waals surface area contributed by atoms with E-state index >= 15 is 0 Å². The summed E-state index contributed by atoms with van der Waals surface area (Å²) in [6, 6.07) is 19.4. The van der Waals surface area contributed by atoms with Gasteiger partial charge in [0.2, 0.25) is 5.82 Å². The van der Waals surface area contributed by atoms with E-state index in [2.05, 4.69) is 15.4 Å². The Balaban J connectivity index is 2.10. The molecule has 3 rings (SSSR count). The van der Waals surface area contributed by atoms with Gasteiger partial charge in [-0.15, -0.1) is 5.10 Å². The Bertz CT molecular complexity index is 737. The highest BCUT2D eigenvalue weighted by Crippen LogP contribution is 2.20. The summed E-state index contributed by atoms with van der Waals surface area (Å²) in [4.78, 5) is 16.7. The molecule has 0 radical (unpaired) electrons. The normalized spacial score (nSPS) is 10.7. The zero-order valence-corrected chi connectivity index (χ0v) is 13.1. The Kier molecular flexibility index (Phi) is 4.19. The van der Waals surface area contributed by atoms with Crippen LogP contribution >= 0.6 is 0 Å². The van der Waals surface area contributed by atoms with Crippen LogP contribution in [0.1, 0.15) is 24.5 Å². The van der Waals surface area contributed by atoms with Crippen LogP contribution in [0.4, 0.5) is 0 Å². The third-order valence-electron chi connectivity index (χ3n) is 3.26. The summed E-state index contributed by atoms with van der Waals surface area (Å²) in [5.74, 6) is 0.541. The van der Waals surface area contributed by atoms with Gasteiger partial charge in [0.25, 0.3) is 5.91 Å². The van der Waals surface area contributed by atoms with Crippen molar-refractivity contribution < 1.29 is 4.79 Å². The molecular formula is C18H18N4O. The van der Waals surface area contributed by atoms with Crippen molar-refractivity contribution in [3.05, 3.63) is 66.5 Å². The van der Waals surface area contributed by atoms with Crippen LogP contribution in [0.5, 0.6) is 0 Å². The van der Waals surface area contributed by atoms with E-state index in [1.54, 1.807) is 4.68 Å². The average Bonchev–Trinajstić information content (AvgIpc) is 3.01. The van der Waals surface area contributed by atoms with E-state index in [4.69, 9.17) is 0 Å². The lowest BCUT2D eigenvalue weighted by Crippen LogP contribution is -2.31. The highest BCUT2D eigenvalue weighted by Gasteiger charge is 2.18. The maximum absolute atomic E-state index is 12.2. The number of nitrogens with one attached hydrogen (secondary N) is 1. The third kappa shape index (κ3) is 3.29. The molecule has 3 aromatic rings. The predicted octanol–water partition coefficient (Wildman–Crippen LogP) is 3.07. The van der Waals surface area contributed by atoms with E-state index in [1.807, 2.05) is 74.5 Å². The molecule has 1 heterocycles. The molecule has 0 fully saturated rings. The molecule has 5 heteroatoms. The van der Waals surface area contributed by atoms with Crippen molar-refractivity contribution in [3.63, 3.8) is 0 Å². The monoisotopic (exact) mass is 306 g/mol. The Labute approximate surface area is 135 Å². The van der Waals surface area contributed by atoms with Crippen molar-refractivity contribution in [2.75, 3.05) is 0 Å². The maximum Gasteiger partial charge on any atom is 0.291 e. The molecule has 0 atom stereocenters. The van der Waals surface area contributed by atoms with Crippen molar-refractivity contribution in [1.29, 1.82) is 0 Å². The fraction of sp³-hybridized carbons (Fsp3) is 0.167. The molecule has 0 aliphatic rings. The number of amides is 1. The van der Waals surface area contributed by atoms with Crippen LogP contribution in [-0.4, -0.2) is 26.7 Å². The SMILES string of the molecule is CC(C)NC(=O)c1nc(-c2ccccc2)n(-c2ccccc2)n1. The zero-order chi connectivity index (χ0) is 16.2. The number of hydrogen-bond donors (Lipinski definition) is 1. The van der Waals surface area contributed by atoms with Crippen molar-refractivity contribution in [3.8, 4) is 17.1 Å². The van der Waals surface area contributed by atoms with E-state index in [0.717, 1.165) is 11.3 Å². The van der Waals surface area contributed by atoms with Gasteiger partial charge in [-0.1, -0.05) is 48.5 Å². The number of hydrogen-bond acceptors (Lipinski definition) is 3.